The van der Waals surface area contributed by atoms with Crippen LogP contribution in [0.25, 0.3) is 0 Å². The van der Waals surface area contributed by atoms with Gasteiger partial charge in [-0.05, 0) is 92.2 Å². The standard InChI is InChI=1S/C24H33F3/c25-17-19-7-11-21(12-8-19)23-15-13-22(14-16-23)20-9-5-18(6-10-20)3-1-2-4-24(26)27/h2,4,7-8,11-12,18,20,22-24H,1,3,5-6,9-10,13-17H2/b4-2+/t18-,20-,22?,23?. The molecule has 2 aliphatic carbocycles. The molecule has 0 aliphatic heterocycles. The maximum absolute atomic E-state index is 12.7. The van der Waals surface area contributed by atoms with Crippen LogP contribution in [0.5, 0.6) is 0 Å². The van der Waals surface area contributed by atoms with Gasteiger partial charge in [-0.15, -0.1) is 0 Å². The first-order valence-electron chi connectivity index (χ1n) is 10.7. The normalized spacial score (nSPS) is 29.5. The number of rotatable bonds is 7. The van der Waals surface area contributed by atoms with Crippen LogP contribution in [0.3, 0.4) is 0 Å². The average Bonchev–Trinajstić information content (AvgIpc) is 2.72. The summed E-state index contributed by atoms with van der Waals surface area (Å²) in [5.41, 5.74) is 2.15. The topological polar surface area (TPSA) is 0 Å². The van der Waals surface area contributed by atoms with E-state index in [1.54, 1.807) is 6.08 Å². The maximum atomic E-state index is 12.7. The number of allylic oxidation sites excluding steroid dienone is 2. The van der Waals surface area contributed by atoms with Crippen LogP contribution in [0.1, 0.15) is 81.3 Å². The van der Waals surface area contributed by atoms with E-state index in [2.05, 4.69) is 12.1 Å². The minimum Gasteiger partial charge on any atom is -0.246 e. The Kier molecular flexibility index (Phi) is 7.84. The number of hydrogen-bond donors (Lipinski definition) is 0. The lowest BCUT2D eigenvalue weighted by Crippen LogP contribution is -2.25. The van der Waals surface area contributed by atoms with Crippen molar-refractivity contribution in [3.05, 3.63) is 47.5 Å². The molecular formula is C24H33F3. The Morgan fingerprint density at radius 2 is 1.44 bits per heavy atom. The molecule has 27 heavy (non-hydrogen) atoms. The first-order chi connectivity index (χ1) is 13.2. The zero-order valence-corrected chi connectivity index (χ0v) is 16.3. The van der Waals surface area contributed by atoms with Crippen molar-refractivity contribution in [1.82, 2.24) is 0 Å². The minimum absolute atomic E-state index is 0.377. The molecule has 2 aliphatic rings. The SMILES string of the molecule is FCc1ccc(C2CCC([C@H]3CC[C@H](CC/C=C/C(F)F)CC3)CC2)cc1. The molecule has 1 aromatic carbocycles. The summed E-state index contributed by atoms with van der Waals surface area (Å²) in [5, 5.41) is 0. The number of halogens is 3. The molecule has 0 N–H and O–H groups in total. The van der Waals surface area contributed by atoms with Crippen molar-refractivity contribution in [2.75, 3.05) is 0 Å². The quantitative estimate of drug-likeness (QED) is 0.424. The molecule has 3 heteroatoms. The zero-order valence-electron chi connectivity index (χ0n) is 16.3. The molecule has 0 nitrogen and oxygen atoms in total. The van der Waals surface area contributed by atoms with Crippen molar-refractivity contribution in [1.29, 1.82) is 0 Å². The van der Waals surface area contributed by atoms with Crippen molar-refractivity contribution in [2.24, 2.45) is 17.8 Å². The fraction of sp³-hybridized carbons (Fsp3) is 0.667. The van der Waals surface area contributed by atoms with E-state index in [0.717, 1.165) is 42.2 Å². The molecule has 1 aromatic rings. The third-order valence-electron chi connectivity index (χ3n) is 6.96. The fourth-order valence-electron chi connectivity index (χ4n) is 5.28. The summed E-state index contributed by atoms with van der Waals surface area (Å²) >= 11 is 0. The molecule has 0 aromatic heterocycles. The molecular weight excluding hydrogens is 345 g/mol. The highest BCUT2D eigenvalue weighted by molar-refractivity contribution is 5.25. The molecule has 2 fully saturated rings. The largest absolute Gasteiger partial charge is 0.257 e. The van der Waals surface area contributed by atoms with Crippen molar-refractivity contribution in [3.8, 4) is 0 Å². The predicted molar refractivity (Wildman–Crippen MR) is 106 cm³/mol. The Hall–Kier alpha value is -1.25. The summed E-state index contributed by atoms with van der Waals surface area (Å²) in [4.78, 5) is 0. The second-order valence-electron chi connectivity index (χ2n) is 8.61. The lowest BCUT2D eigenvalue weighted by Gasteiger charge is -2.38. The Labute approximate surface area is 162 Å². The van der Waals surface area contributed by atoms with E-state index >= 15 is 0 Å². The average molecular weight is 379 g/mol. The van der Waals surface area contributed by atoms with Gasteiger partial charge in [-0.1, -0.05) is 43.2 Å². The number of hydrogen-bond acceptors (Lipinski definition) is 0. The van der Waals surface area contributed by atoms with E-state index in [9.17, 15) is 13.2 Å². The van der Waals surface area contributed by atoms with E-state index in [1.165, 1.54) is 56.9 Å². The van der Waals surface area contributed by atoms with Crippen molar-refractivity contribution < 1.29 is 13.2 Å². The molecule has 3 rings (SSSR count). The van der Waals surface area contributed by atoms with E-state index < -0.39 is 6.43 Å². The lowest BCUT2D eigenvalue weighted by atomic mass is 9.68. The highest BCUT2D eigenvalue weighted by Crippen LogP contribution is 2.44. The van der Waals surface area contributed by atoms with Gasteiger partial charge in [0.25, 0.3) is 6.43 Å². The second-order valence-corrected chi connectivity index (χ2v) is 8.61. The van der Waals surface area contributed by atoms with Gasteiger partial charge in [-0.25, -0.2) is 13.2 Å². The van der Waals surface area contributed by atoms with Crippen molar-refractivity contribution in [3.63, 3.8) is 0 Å². The van der Waals surface area contributed by atoms with Crippen LogP contribution < -0.4 is 0 Å². The van der Waals surface area contributed by atoms with Crippen molar-refractivity contribution >= 4 is 0 Å². The summed E-state index contributed by atoms with van der Waals surface area (Å²) in [5.74, 6) is 3.11. The Bertz CT molecular complexity index is 562. The van der Waals surface area contributed by atoms with Gasteiger partial charge in [0.15, 0.2) is 0 Å². The molecule has 0 bridgehead atoms. The molecule has 150 valence electrons. The molecule has 0 amide bonds. The number of benzene rings is 1. The molecule has 0 atom stereocenters. The van der Waals surface area contributed by atoms with Gasteiger partial charge in [-0.2, -0.15) is 0 Å². The Morgan fingerprint density at radius 1 is 0.852 bits per heavy atom. The van der Waals surface area contributed by atoms with Gasteiger partial charge >= 0.3 is 0 Å². The molecule has 0 spiro atoms. The molecule has 0 saturated heterocycles. The van der Waals surface area contributed by atoms with Crippen LogP contribution in [-0.2, 0) is 6.67 Å². The van der Waals surface area contributed by atoms with Gasteiger partial charge in [0.05, 0.1) is 0 Å². The van der Waals surface area contributed by atoms with Gasteiger partial charge in [0, 0.05) is 0 Å². The summed E-state index contributed by atoms with van der Waals surface area (Å²) < 4.78 is 36.9. The van der Waals surface area contributed by atoms with Gasteiger partial charge in [-0.3, -0.25) is 0 Å². The highest BCUT2D eigenvalue weighted by Gasteiger charge is 2.31. The molecule has 0 heterocycles. The third-order valence-corrected chi connectivity index (χ3v) is 6.96. The van der Waals surface area contributed by atoms with Crippen LogP contribution in [-0.4, -0.2) is 6.43 Å². The van der Waals surface area contributed by atoms with Gasteiger partial charge in [0.1, 0.15) is 6.67 Å². The zero-order chi connectivity index (χ0) is 19.1. The smallest absolute Gasteiger partial charge is 0.246 e. The summed E-state index contributed by atoms with van der Waals surface area (Å²) in [6.45, 7) is -0.377. The summed E-state index contributed by atoms with van der Waals surface area (Å²) in [6.07, 6.45) is 12.6. The fourth-order valence-corrected chi connectivity index (χ4v) is 5.28. The molecule has 0 unspecified atom stereocenters. The van der Waals surface area contributed by atoms with Gasteiger partial charge < -0.3 is 0 Å². The van der Waals surface area contributed by atoms with E-state index in [4.69, 9.17) is 0 Å². The van der Waals surface area contributed by atoms with Crippen LogP contribution in [0.15, 0.2) is 36.4 Å². The Balaban J connectivity index is 1.38. The minimum atomic E-state index is -2.31. The van der Waals surface area contributed by atoms with E-state index in [-0.39, 0.29) is 6.67 Å². The lowest BCUT2D eigenvalue weighted by molar-refractivity contribution is 0.157. The second kappa shape index (κ2) is 10.3. The van der Waals surface area contributed by atoms with E-state index in [0.29, 0.717) is 5.92 Å². The molecule has 0 radical (unpaired) electrons. The monoisotopic (exact) mass is 378 g/mol. The highest BCUT2D eigenvalue weighted by atomic mass is 19.3. The molecule has 2 saturated carbocycles. The van der Waals surface area contributed by atoms with Crippen LogP contribution in [0.4, 0.5) is 13.2 Å². The van der Waals surface area contributed by atoms with Crippen molar-refractivity contribution in [2.45, 2.75) is 83.2 Å². The van der Waals surface area contributed by atoms with Crippen LogP contribution >= 0.6 is 0 Å². The first kappa shape index (κ1) is 20.5. The number of alkyl halides is 3. The van der Waals surface area contributed by atoms with Crippen LogP contribution in [0.2, 0.25) is 0 Å². The summed E-state index contributed by atoms with van der Waals surface area (Å²) in [7, 11) is 0. The summed E-state index contributed by atoms with van der Waals surface area (Å²) in [6, 6.07) is 8.10. The van der Waals surface area contributed by atoms with E-state index in [1.807, 2.05) is 12.1 Å². The maximum Gasteiger partial charge on any atom is 0.257 e. The predicted octanol–water partition coefficient (Wildman–Crippen LogP) is 7.84. The third kappa shape index (κ3) is 6.12. The first-order valence-corrected chi connectivity index (χ1v) is 10.7. The van der Waals surface area contributed by atoms with Gasteiger partial charge in [0.2, 0.25) is 0 Å². The van der Waals surface area contributed by atoms with Crippen LogP contribution in [0, 0.1) is 17.8 Å². The Morgan fingerprint density at radius 3 is 2.00 bits per heavy atom.